The molecular formula is C11H24N2O2. The average Bonchev–Trinajstić information content (AvgIpc) is 2.22. The first kappa shape index (κ1) is 14.4. The van der Waals surface area contributed by atoms with Crippen LogP contribution in [0.2, 0.25) is 0 Å². The number of nitrogens with two attached hydrogens (primary N) is 1. The average molecular weight is 216 g/mol. The smallest absolute Gasteiger partial charge is 0.307 e. The second-order valence-electron chi connectivity index (χ2n) is 3.71. The number of carbonyl (C=O) groups excluding carboxylic acids is 1. The summed E-state index contributed by atoms with van der Waals surface area (Å²) >= 11 is 0. The van der Waals surface area contributed by atoms with Gasteiger partial charge in [-0.1, -0.05) is 6.42 Å². The van der Waals surface area contributed by atoms with Crippen molar-refractivity contribution in [1.29, 1.82) is 0 Å². The Morgan fingerprint density at radius 3 is 2.60 bits per heavy atom. The van der Waals surface area contributed by atoms with E-state index >= 15 is 0 Å². The zero-order valence-corrected chi connectivity index (χ0v) is 10.00. The van der Waals surface area contributed by atoms with Crippen LogP contribution in [0, 0.1) is 0 Å². The topological polar surface area (TPSA) is 55.6 Å². The molecule has 0 unspecified atom stereocenters. The van der Waals surface area contributed by atoms with Crippen molar-refractivity contribution in [2.24, 2.45) is 5.73 Å². The minimum Gasteiger partial charge on any atom is -0.466 e. The van der Waals surface area contributed by atoms with Crippen molar-refractivity contribution in [2.75, 3.05) is 33.3 Å². The number of hydrogen-bond donors (Lipinski definition) is 1. The van der Waals surface area contributed by atoms with Gasteiger partial charge in [0.1, 0.15) is 0 Å². The van der Waals surface area contributed by atoms with E-state index < -0.39 is 0 Å². The highest BCUT2D eigenvalue weighted by molar-refractivity contribution is 5.69. The summed E-state index contributed by atoms with van der Waals surface area (Å²) in [7, 11) is 2.03. The van der Waals surface area contributed by atoms with Crippen LogP contribution < -0.4 is 5.73 Å². The van der Waals surface area contributed by atoms with Crippen molar-refractivity contribution in [1.82, 2.24) is 4.90 Å². The summed E-state index contributed by atoms with van der Waals surface area (Å²) in [5, 5.41) is 0. The second kappa shape index (κ2) is 9.93. The van der Waals surface area contributed by atoms with Crippen LogP contribution >= 0.6 is 0 Å². The van der Waals surface area contributed by atoms with Crippen molar-refractivity contribution in [3.05, 3.63) is 0 Å². The van der Waals surface area contributed by atoms with Crippen molar-refractivity contribution in [3.63, 3.8) is 0 Å². The van der Waals surface area contributed by atoms with Gasteiger partial charge in [0.2, 0.25) is 0 Å². The van der Waals surface area contributed by atoms with Gasteiger partial charge in [-0.2, -0.15) is 0 Å². The molecule has 0 aromatic carbocycles. The summed E-state index contributed by atoms with van der Waals surface area (Å²) in [4.78, 5) is 13.2. The predicted molar refractivity (Wildman–Crippen MR) is 61.7 cm³/mol. The molecule has 0 amide bonds. The highest BCUT2D eigenvalue weighted by atomic mass is 16.5. The van der Waals surface area contributed by atoms with Gasteiger partial charge in [-0.25, -0.2) is 0 Å². The standard InChI is InChI=1S/C11H24N2O2/c1-3-15-11(14)7-10-13(2)9-6-4-5-8-12/h3-10,12H2,1-2H3. The van der Waals surface area contributed by atoms with Crippen LogP contribution in [-0.4, -0.2) is 44.2 Å². The molecule has 4 nitrogen and oxygen atoms in total. The molecular weight excluding hydrogens is 192 g/mol. The maximum Gasteiger partial charge on any atom is 0.307 e. The van der Waals surface area contributed by atoms with Crippen molar-refractivity contribution in [2.45, 2.75) is 32.6 Å². The molecule has 90 valence electrons. The molecule has 0 aliphatic carbocycles. The van der Waals surface area contributed by atoms with Gasteiger partial charge in [-0.3, -0.25) is 4.79 Å². The monoisotopic (exact) mass is 216 g/mol. The van der Waals surface area contributed by atoms with Crippen LogP contribution in [0.25, 0.3) is 0 Å². The number of esters is 1. The number of nitrogens with zero attached hydrogens (tertiary/aromatic N) is 1. The molecule has 0 bridgehead atoms. The number of hydrogen-bond acceptors (Lipinski definition) is 4. The quantitative estimate of drug-likeness (QED) is 0.461. The third kappa shape index (κ3) is 9.69. The molecule has 0 saturated heterocycles. The van der Waals surface area contributed by atoms with Gasteiger partial charge in [0.15, 0.2) is 0 Å². The lowest BCUT2D eigenvalue weighted by Gasteiger charge is -2.15. The molecule has 0 spiro atoms. The third-order valence-corrected chi connectivity index (χ3v) is 2.25. The summed E-state index contributed by atoms with van der Waals surface area (Å²) < 4.78 is 4.85. The lowest BCUT2D eigenvalue weighted by molar-refractivity contribution is -0.143. The molecule has 2 N–H and O–H groups in total. The van der Waals surface area contributed by atoms with Gasteiger partial charge in [0.25, 0.3) is 0 Å². The van der Waals surface area contributed by atoms with Gasteiger partial charge in [0.05, 0.1) is 13.0 Å². The molecule has 0 aliphatic rings. The largest absolute Gasteiger partial charge is 0.466 e. The Labute approximate surface area is 92.8 Å². The molecule has 0 atom stereocenters. The number of unbranched alkanes of at least 4 members (excludes halogenated alkanes) is 2. The van der Waals surface area contributed by atoms with Gasteiger partial charge in [0, 0.05) is 6.54 Å². The highest BCUT2D eigenvalue weighted by Gasteiger charge is 2.04. The van der Waals surface area contributed by atoms with E-state index in [4.69, 9.17) is 10.5 Å². The number of ether oxygens (including phenoxy) is 1. The van der Waals surface area contributed by atoms with Crippen LogP contribution in [0.1, 0.15) is 32.6 Å². The fourth-order valence-electron chi connectivity index (χ4n) is 1.33. The molecule has 15 heavy (non-hydrogen) atoms. The second-order valence-corrected chi connectivity index (χ2v) is 3.71. The number of rotatable bonds is 9. The molecule has 0 aromatic rings. The van der Waals surface area contributed by atoms with Crippen molar-refractivity contribution in [3.8, 4) is 0 Å². The molecule has 0 aliphatic heterocycles. The van der Waals surface area contributed by atoms with Gasteiger partial charge >= 0.3 is 5.97 Å². The fraction of sp³-hybridized carbons (Fsp3) is 0.909. The number of carbonyl (C=O) groups is 1. The maximum absolute atomic E-state index is 11.1. The predicted octanol–water partition coefficient (Wildman–Crippen LogP) is 1.00. The van der Waals surface area contributed by atoms with Gasteiger partial charge < -0.3 is 15.4 Å². The van der Waals surface area contributed by atoms with Crippen molar-refractivity contribution >= 4 is 5.97 Å². The van der Waals surface area contributed by atoms with E-state index in [0.29, 0.717) is 13.0 Å². The first-order valence-electron chi connectivity index (χ1n) is 5.75. The van der Waals surface area contributed by atoms with E-state index in [2.05, 4.69) is 4.90 Å². The lowest BCUT2D eigenvalue weighted by atomic mass is 10.2. The van der Waals surface area contributed by atoms with E-state index in [1.54, 1.807) is 0 Å². The summed E-state index contributed by atoms with van der Waals surface area (Å²) in [5.41, 5.74) is 5.40. The normalized spacial score (nSPS) is 10.7. The zero-order valence-electron chi connectivity index (χ0n) is 10.00. The molecule has 0 heterocycles. The first-order chi connectivity index (χ1) is 7.20. The molecule has 0 rings (SSSR count). The van der Waals surface area contributed by atoms with Crippen LogP contribution in [0.4, 0.5) is 0 Å². The first-order valence-corrected chi connectivity index (χ1v) is 5.75. The lowest BCUT2D eigenvalue weighted by Crippen LogP contribution is -2.23. The van der Waals surface area contributed by atoms with Crippen LogP contribution in [0.5, 0.6) is 0 Å². The van der Waals surface area contributed by atoms with Crippen LogP contribution in [0.15, 0.2) is 0 Å². The SMILES string of the molecule is CCOC(=O)CCN(C)CCCCCN. The summed E-state index contributed by atoms with van der Waals surface area (Å²) in [6.07, 6.45) is 3.89. The van der Waals surface area contributed by atoms with E-state index in [1.807, 2.05) is 14.0 Å². The van der Waals surface area contributed by atoms with Crippen LogP contribution in [-0.2, 0) is 9.53 Å². The zero-order chi connectivity index (χ0) is 11.5. The van der Waals surface area contributed by atoms with Crippen LogP contribution in [0.3, 0.4) is 0 Å². The van der Waals surface area contributed by atoms with Gasteiger partial charge in [-0.05, 0) is 39.9 Å². The minimum atomic E-state index is -0.105. The Bertz CT molecular complexity index is 163. The molecule has 0 saturated carbocycles. The molecule has 0 radical (unpaired) electrons. The Morgan fingerprint density at radius 1 is 1.27 bits per heavy atom. The van der Waals surface area contributed by atoms with E-state index in [-0.39, 0.29) is 5.97 Å². The summed E-state index contributed by atoms with van der Waals surface area (Å²) in [6.45, 7) is 4.88. The summed E-state index contributed by atoms with van der Waals surface area (Å²) in [6, 6.07) is 0. The Hall–Kier alpha value is -0.610. The Kier molecular flexibility index (Phi) is 9.52. The van der Waals surface area contributed by atoms with Gasteiger partial charge in [-0.15, -0.1) is 0 Å². The summed E-state index contributed by atoms with van der Waals surface area (Å²) in [5.74, 6) is -0.105. The minimum absolute atomic E-state index is 0.105. The third-order valence-electron chi connectivity index (χ3n) is 2.25. The Balaban J connectivity index is 3.32. The van der Waals surface area contributed by atoms with E-state index in [9.17, 15) is 4.79 Å². The molecule has 0 aromatic heterocycles. The maximum atomic E-state index is 11.1. The van der Waals surface area contributed by atoms with E-state index in [1.165, 1.54) is 6.42 Å². The Morgan fingerprint density at radius 2 is 2.00 bits per heavy atom. The fourth-order valence-corrected chi connectivity index (χ4v) is 1.33. The highest BCUT2D eigenvalue weighted by Crippen LogP contribution is 1.97. The molecule has 4 heteroatoms. The van der Waals surface area contributed by atoms with E-state index in [0.717, 1.165) is 32.5 Å². The van der Waals surface area contributed by atoms with Crippen molar-refractivity contribution < 1.29 is 9.53 Å². The molecule has 0 fully saturated rings.